The molecule has 1 N–H and O–H groups in total. The fourth-order valence-corrected chi connectivity index (χ4v) is 10.0. The predicted molar refractivity (Wildman–Crippen MR) is 222 cm³/mol. The maximum Gasteiger partial charge on any atom is 0.198 e. The van der Waals surface area contributed by atoms with Crippen LogP contribution in [0.15, 0.2) is 133 Å². The quantitative estimate of drug-likeness (QED) is 0.185. The van der Waals surface area contributed by atoms with Gasteiger partial charge in [0.2, 0.25) is 0 Å². The van der Waals surface area contributed by atoms with E-state index in [9.17, 15) is 0 Å². The molecule has 0 spiro atoms. The van der Waals surface area contributed by atoms with Crippen LogP contribution in [0.25, 0.3) is 60.9 Å². The lowest BCUT2D eigenvalue weighted by Gasteiger charge is -2.37. The number of aryl methyl sites for hydroxylation is 1. The van der Waals surface area contributed by atoms with Gasteiger partial charge in [-0.05, 0) is 92.8 Å². The molecule has 1 aromatic heterocycles. The van der Waals surface area contributed by atoms with Gasteiger partial charge in [-0.3, -0.25) is 0 Å². The molecule has 0 radical (unpaired) electrons. The highest BCUT2D eigenvalue weighted by molar-refractivity contribution is 6.73. The number of benzene rings is 7. The lowest BCUT2D eigenvalue weighted by Crippen LogP contribution is -2.41. The lowest BCUT2D eigenvalue weighted by atomic mass is 9.57. The van der Waals surface area contributed by atoms with Gasteiger partial charge in [0.25, 0.3) is 0 Å². The van der Waals surface area contributed by atoms with Crippen LogP contribution in [-0.4, -0.2) is 11.8 Å². The molecule has 0 saturated carbocycles. The molecule has 7 aromatic carbocycles. The average Bonchev–Trinajstić information content (AvgIpc) is 3.62. The van der Waals surface area contributed by atoms with Crippen molar-refractivity contribution in [1.29, 1.82) is 0 Å². The summed E-state index contributed by atoms with van der Waals surface area (Å²) in [6.45, 7) is 11.7. The van der Waals surface area contributed by atoms with E-state index >= 15 is 0 Å². The Morgan fingerprint density at radius 2 is 1.23 bits per heavy atom. The minimum Gasteiger partial charge on any atom is -0.355 e. The van der Waals surface area contributed by atoms with Crippen molar-refractivity contribution in [3.8, 4) is 39.1 Å². The maximum absolute atomic E-state index is 3.81. The number of nitrogens with one attached hydrogen (secondary N) is 1. The summed E-state index contributed by atoms with van der Waals surface area (Å²) in [5.74, 6) is 0. The fourth-order valence-electron chi connectivity index (χ4n) is 10.0. The van der Waals surface area contributed by atoms with E-state index < -0.39 is 0 Å². The summed E-state index contributed by atoms with van der Waals surface area (Å²) in [5.41, 5.74) is 23.7. The molecule has 3 heteroatoms. The van der Waals surface area contributed by atoms with Crippen LogP contribution in [0.5, 0.6) is 0 Å². The monoisotopic (exact) mass is 666 g/mol. The molecule has 0 atom stereocenters. The standard InChI is InChI=1S/C49H39BN2/c1-28-20-23-30(24-21-28)51-42-19-9-7-13-32(42)36-27-34(29-22-25-38-35(26-29)31-12-6-8-15-37(31)48(38,2)3)43-33-14-10-16-39-45(33)52-46-40(49(39,4)5)17-11-18-41(46)50-44(36)47(43)52/h6-27,50-51H,1-5H3. The maximum atomic E-state index is 3.81. The van der Waals surface area contributed by atoms with Gasteiger partial charge in [-0.2, -0.15) is 0 Å². The number of anilines is 2. The Balaban J connectivity index is 1.27. The Bertz CT molecular complexity index is 2850. The van der Waals surface area contributed by atoms with Gasteiger partial charge in [0, 0.05) is 49.7 Å². The third-order valence-corrected chi connectivity index (χ3v) is 12.7. The zero-order valence-corrected chi connectivity index (χ0v) is 30.4. The SMILES string of the molecule is Cc1ccc(Nc2ccccc2-c2cc(-c3ccc4c(c3)-c3ccccc3C4(C)C)c3c4cccc5c4n4c3c2Bc2cccc(c2-4)C5(C)C)cc1. The number of aromatic nitrogens is 1. The van der Waals surface area contributed by atoms with Gasteiger partial charge in [0.1, 0.15) is 0 Å². The van der Waals surface area contributed by atoms with Gasteiger partial charge in [0.05, 0.1) is 5.52 Å². The second-order valence-corrected chi connectivity index (χ2v) is 16.3. The summed E-state index contributed by atoms with van der Waals surface area (Å²) in [6.07, 6.45) is 0. The molecule has 0 saturated heterocycles. The molecule has 0 bridgehead atoms. The van der Waals surface area contributed by atoms with E-state index in [1.54, 1.807) is 0 Å². The van der Waals surface area contributed by atoms with Gasteiger partial charge in [-0.25, -0.2) is 0 Å². The molecule has 0 unspecified atom stereocenters. The molecule has 2 nitrogen and oxygen atoms in total. The van der Waals surface area contributed by atoms with Crippen molar-refractivity contribution in [3.63, 3.8) is 0 Å². The number of para-hydroxylation sites is 3. The highest BCUT2D eigenvalue weighted by Crippen LogP contribution is 2.53. The van der Waals surface area contributed by atoms with Crippen molar-refractivity contribution in [1.82, 2.24) is 4.57 Å². The smallest absolute Gasteiger partial charge is 0.198 e. The number of rotatable bonds is 4. The van der Waals surface area contributed by atoms with Crippen LogP contribution in [0, 0.1) is 6.92 Å². The molecular weight excluding hydrogens is 627 g/mol. The van der Waals surface area contributed by atoms with Gasteiger partial charge in [-0.15, -0.1) is 0 Å². The minimum atomic E-state index is -0.108. The van der Waals surface area contributed by atoms with Crippen molar-refractivity contribution >= 4 is 51.4 Å². The molecule has 1 aliphatic carbocycles. The number of hydrogen-bond donors (Lipinski definition) is 1. The highest BCUT2D eigenvalue weighted by Gasteiger charge is 2.40. The van der Waals surface area contributed by atoms with Crippen molar-refractivity contribution in [2.24, 2.45) is 0 Å². The van der Waals surface area contributed by atoms with Gasteiger partial charge in [0.15, 0.2) is 7.28 Å². The third kappa shape index (κ3) is 3.81. The first-order chi connectivity index (χ1) is 25.2. The molecule has 0 amide bonds. The predicted octanol–water partition coefficient (Wildman–Crippen LogP) is 10.8. The second-order valence-electron chi connectivity index (χ2n) is 16.3. The molecule has 0 fully saturated rings. The molecule has 52 heavy (non-hydrogen) atoms. The summed E-state index contributed by atoms with van der Waals surface area (Å²) in [6, 6.07) is 50.4. The van der Waals surface area contributed by atoms with Gasteiger partial charge in [-0.1, -0.05) is 142 Å². The third-order valence-electron chi connectivity index (χ3n) is 12.7. The zero-order valence-electron chi connectivity index (χ0n) is 30.4. The Morgan fingerprint density at radius 3 is 2.08 bits per heavy atom. The largest absolute Gasteiger partial charge is 0.355 e. The van der Waals surface area contributed by atoms with Crippen molar-refractivity contribution in [2.75, 3.05) is 5.32 Å². The van der Waals surface area contributed by atoms with E-state index in [1.807, 2.05) is 0 Å². The normalized spacial score (nSPS) is 15.1. The van der Waals surface area contributed by atoms with Crippen LogP contribution in [0.3, 0.4) is 0 Å². The molecular formula is C49H39BN2. The van der Waals surface area contributed by atoms with Crippen molar-refractivity contribution in [3.05, 3.63) is 161 Å². The number of fused-ring (bicyclic) bond motifs is 4. The molecule has 2 aliphatic heterocycles. The summed E-state index contributed by atoms with van der Waals surface area (Å²) in [4.78, 5) is 0. The number of hydrogen-bond acceptors (Lipinski definition) is 1. The van der Waals surface area contributed by atoms with Crippen LogP contribution in [-0.2, 0) is 10.8 Å². The summed E-state index contributed by atoms with van der Waals surface area (Å²) in [7, 11) is 0.891. The first-order valence-electron chi connectivity index (χ1n) is 18.7. The lowest BCUT2D eigenvalue weighted by molar-refractivity contribution is 0.631. The van der Waals surface area contributed by atoms with E-state index in [0.29, 0.717) is 0 Å². The van der Waals surface area contributed by atoms with E-state index in [-0.39, 0.29) is 10.8 Å². The highest BCUT2D eigenvalue weighted by atomic mass is 15.0. The van der Waals surface area contributed by atoms with Gasteiger partial charge >= 0.3 is 0 Å². The fraction of sp³-hybridized carbons (Fsp3) is 0.143. The Kier molecular flexibility index (Phi) is 5.84. The Morgan fingerprint density at radius 1 is 0.538 bits per heavy atom. The first-order valence-corrected chi connectivity index (χ1v) is 18.7. The van der Waals surface area contributed by atoms with E-state index in [4.69, 9.17) is 0 Å². The summed E-state index contributed by atoms with van der Waals surface area (Å²) < 4.78 is 2.66. The molecule has 248 valence electrons. The van der Waals surface area contributed by atoms with Crippen LogP contribution in [0.2, 0.25) is 0 Å². The molecule has 3 aliphatic rings. The molecule has 8 aromatic rings. The van der Waals surface area contributed by atoms with E-state index in [2.05, 4.69) is 178 Å². The van der Waals surface area contributed by atoms with Crippen LogP contribution < -0.4 is 16.2 Å². The zero-order chi connectivity index (χ0) is 35.1. The van der Waals surface area contributed by atoms with Crippen LogP contribution in [0.1, 0.15) is 55.5 Å². The minimum absolute atomic E-state index is 0.0361. The van der Waals surface area contributed by atoms with E-state index in [0.717, 1.165) is 18.7 Å². The number of nitrogens with zero attached hydrogens (tertiary/aromatic N) is 1. The average molecular weight is 667 g/mol. The molecule has 11 rings (SSSR count). The molecule has 3 heterocycles. The van der Waals surface area contributed by atoms with Gasteiger partial charge < -0.3 is 9.88 Å². The van der Waals surface area contributed by atoms with Crippen LogP contribution >= 0.6 is 0 Å². The van der Waals surface area contributed by atoms with Crippen molar-refractivity contribution in [2.45, 2.75) is 45.4 Å². The Labute approximate surface area is 306 Å². The summed E-state index contributed by atoms with van der Waals surface area (Å²) in [5, 5.41) is 6.52. The first kappa shape index (κ1) is 29.9. The van der Waals surface area contributed by atoms with Crippen LogP contribution in [0.4, 0.5) is 11.4 Å². The topological polar surface area (TPSA) is 17.0 Å². The summed E-state index contributed by atoms with van der Waals surface area (Å²) >= 11 is 0. The van der Waals surface area contributed by atoms with Crippen molar-refractivity contribution < 1.29 is 0 Å². The second kappa shape index (κ2) is 10.2. The Hall–Kier alpha value is -5.80. The van der Waals surface area contributed by atoms with E-state index in [1.165, 1.54) is 99.6 Å².